The molecule has 2 aliphatic rings. The zero-order valence-corrected chi connectivity index (χ0v) is 10.8. The maximum absolute atomic E-state index is 12.1. The van der Waals surface area contributed by atoms with E-state index in [0.29, 0.717) is 0 Å². The van der Waals surface area contributed by atoms with Gasteiger partial charge in [0.05, 0.1) is 4.75 Å². The fourth-order valence-corrected chi connectivity index (χ4v) is 3.63. The summed E-state index contributed by atoms with van der Waals surface area (Å²) in [5.74, 6) is 0. The van der Waals surface area contributed by atoms with Gasteiger partial charge in [-0.3, -0.25) is 5.43 Å². The zero-order valence-electron chi connectivity index (χ0n) is 9.20. The number of fused-ring (bicyclic) bond motifs is 1. The zero-order chi connectivity index (χ0) is 11.4. The average Bonchev–Trinajstić information content (AvgIpc) is 2.33. The van der Waals surface area contributed by atoms with Crippen molar-refractivity contribution in [1.29, 1.82) is 0 Å². The molecule has 0 amide bonds. The highest BCUT2D eigenvalue weighted by Crippen LogP contribution is 2.44. The maximum Gasteiger partial charge on any atom is 0.157 e. The highest BCUT2D eigenvalue weighted by Gasteiger charge is 2.47. The van der Waals surface area contributed by atoms with Crippen LogP contribution >= 0.6 is 24.0 Å². The topological polar surface area (TPSA) is 41.6 Å². The minimum Gasteiger partial charge on any atom is -0.757 e. The lowest BCUT2D eigenvalue weighted by atomic mass is 10.1. The second-order valence-corrected chi connectivity index (χ2v) is 6.65. The molecular weight excluding hydrogens is 230 g/mol. The number of nitrogens with zero attached hydrogens (tertiary/aromatic N) is 2. The second-order valence-electron chi connectivity index (χ2n) is 4.36. The van der Waals surface area contributed by atoms with Crippen LogP contribution in [0.5, 0.6) is 0 Å². The van der Waals surface area contributed by atoms with E-state index in [4.69, 9.17) is 12.2 Å². The molecule has 0 spiro atoms. The molecule has 4 nitrogen and oxygen atoms in total. The first-order valence-electron chi connectivity index (χ1n) is 4.77. The Bertz CT molecular complexity index is 353. The van der Waals surface area contributed by atoms with Crippen LogP contribution in [0.2, 0.25) is 0 Å². The van der Waals surface area contributed by atoms with Crippen molar-refractivity contribution < 1.29 is 0 Å². The molecule has 1 saturated heterocycles. The van der Waals surface area contributed by atoms with Crippen LogP contribution in [0.15, 0.2) is 11.4 Å². The molecule has 0 saturated carbocycles. The van der Waals surface area contributed by atoms with Crippen LogP contribution in [0.4, 0.5) is 0 Å². The molecule has 1 atom stereocenters. The Morgan fingerprint density at radius 2 is 2.07 bits per heavy atom. The van der Waals surface area contributed by atoms with E-state index in [-0.39, 0.29) is 10.9 Å². The number of hydrogen-bond acceptors (Lipinski definition) is 5. The highest BCUT2D eigenvalue weighted by atomic mass is 32.2. The summed E-state index contributed by atoms with van der Waals surface area (Å²) in [5.41, 5.74) is 4.77. The van der Waals surface area contributed by atoms with Gasteiger partial charge in [0.1, 0.15) is 6.17 Å². The van der Waals surface area contributed by atoms with Gasteiger partial charge in [-0.25, -0.2) is 5.01 Å². The predicted molar refractivity (Wildman–Crippen MR) is 66.6 cm³/mol. The van der Waals surface area contributed by atoms with E-state index in [2.05, 4.69) is 5.43 Å². The Balaban J connectivity index is 2.42. The van der Waals surface area contributed by atoms with Crippen LogP contribution in [-0.2, 0) is 0 Å². The van der Waals surface area contributed by atoms with Gasteiger partial charge in [0.15, 0.2) is 4.32 Å². The van der Waals surface area contributed by atoms with Gasteiger partial charge >= 0.3 is 0 Å². The molecule has 2 rings (SSSR count). The molecule has 0 aromatic rings. The van der Waals surface area contributed by atoms with Crippen molar-refractivity contribution in [2.24, 2.45) is 0 Å². The standard InChI is InChI=1S/C9H14N3OS2/c1-5-6(2)12(13)7-9(3,4)15-8(14)11(7)10-5/h7,10H,1-4H3/q-1. The largest absolute Gasteiger partial charge is 0.757 e. The van der Waals surface area contributed by atoms with Crippen LogP contribution in [0, 0.1) is 5.21 Å². The van der Waals surface area contributed by atoms with Gasteiger partial charge in [-0.15, -0.1) is 0 Å². The minimum atomic E-state index is -0.251. The summed E-state index contributed by atoms with van der Waals surface area (Å²) in [6.07, 6.45) is -0.251. The van der Waals surface area contributed by atoms with Gasteiger partial charge in [0.2, 0.25) is 0 Å². The van der Waals surface area contributed by atoms with E-state index in [0.717, 1.165) is 20.8 Å². The highest BCUT2D eigenvalue weighted by molar-refractivity contribution is 8.24. The number of thiocarbonyl (C=S) groups is 1. The molecule has 2 heterocycles. The number of hydrazine groups is 1. The molecule has 1 unspecified atom stereocenters. The van der Waals surface area contributed by atoms with Gasteiger partial charge in [-0.05, 0) is 27.7 Å². The fraction of sp³-hybridized carbons (Fsp3) is 0.667. The first-order valence-corrected chi connectivity index (χ1v) is 6.00. The summed E-state index contributed by atoms with van der Waals surface area (Å²) in [6.45, 7) is 7.79. The molecule has 2 aliphatic heterocycles. The van der Waals surface area contributed by atoms with Crippen molar-refractivity contribution in [2.75, 3.05) is 0 Å². The lowest BCUT2D eigenvalue weighted by Crippen LogP contribution is -2.58. The van der Waals surface area contributed by atoms with Crippen LogP contribution in [0.1, 0.15) is 27.7 Å². The van der Waals surface area contributed by atoms with Crippen molar-refractivity contribution >= 4 is 28.3 Å². The summed E-state index contributed by atoms with van der Waals surface area (Å²) in [7, 11) is 0. The van der Waals surface area contributed by atoms with Crippen molar-refractivity contribution in [3.63, 3.8) is 0 Å². The fourth-order valence-electron chi connectivity index (χ4n) is 1.84. The lowest BCUT2D eigenvalue weighted by molar-refractivity contribution is 0.0963. The Kier molecular flexibility index (Phi) is 2.40. The van der Waals surface area contributed by atoms with Crippen LogP contribution in [0.3, 0.4) is 0 Å². The molecule has 0 aromatic heterocycles. The van der Waals surface area contributed by atoms with E-state index in [1.165, 1.54) is 0 Å². The molecule has 0 bridgehead atoms. The van der Waals surface area contributed by atoms with Gasteiger partial charge < -0.3 is 10.3 Å². The van der Waals surface area contributed by atoms with Gasteiger partial charge in [0.25, 0.3) is 0 Å². The van der Waals surface area contributed by atoms with Crippen LogP contribution in [0.25, 0.3) is 0 Å². The number of thioether (sulfide) groups is 1. The predicted octanol–water partition coefficient (Wildman–Crippen LogP) is 1.99. The Morgan fingerprint density at radius 3 is 2.67 bits per heavy atom. The molecular formula is C9H14N3OS2-. The second kappa shape index (κ2) is 3.26. The minimum absolute atomic E-state index is 0.187. The van der Waals surface area contributed by atoms with Crippen molar-refractivity contribution in [2.45, 2.75) is 38.6 Å². The van der Waals surface area contributed by atoms with E-state index in [1.54, 1.807) is 16.8 Å². The van der Waals surface area contributed by atoms with Crippen molar-refractivity contribution in [3.8, 4) is 0 Å². The molecule has 84 valence electrons. The molecule has 6 heteroatoms. The lowest BCUT2D eigenvalue weighted by Gasteiger charge is -2.50. The maximum atomic E-state index is 12.1. The molecule has 0 aromatic carbocycles. The Hall–Kier alpha value is -0.460. The SMILES string of the molecule is CC1=C(C)N([O-])C2N(N1)C(=S)SC2(C)C. The first kappa shape index (κ1) is 11.0. The smallest absolute Gasteiger partial charge is 0.157 e. The molecule has 0 radical (unpaired) electrons. The van der Waals surface area contributed by atoms with Gasteiger partial charge in [0, 0.05) is 11.4 Å². The summed E-state index contributed by atoms with van der Waals surface area (Å²) < 4.78 is 0.547. The van der Waals surface area contributed by atoms with E-state index in [1.807, 2.05) is 27.7 Å². The van der Waals surface area contributed by atoms with Crippen LogP contribution in [-0.4, -0.2) is 25.3 Å². The third kappa shape index (κ3) is 1.51. The average molecular weight is 244 g/mol. The first-order chi connectivity index (χ1) is 6.84. The molecule has 0 aliphatic carbocycles. The summed E-state index contributed by atoms with van der Waals surface area (Å²) in [6, 6.07) is 0. The number of rotatable bonds is 0. The molecule has 15 heavy (non-hydrogen) atoms. The van der Waals surface area contributed by atoms with E-state index in [9.17, 15) is 5.21 Å². The van der Waals surface area contributed by atoms with Gasteiger partial charge in [-0.1, -0.05) is 24.0 Å². The van der Waals surface area contributed by atoms with Crippen LogP contribution < -0.4 is 5.43 Å². The van der Waals surface area contributed by atoms with E-state index >= 15 is 0 Å². The third-order valence-electron chi connectivity index (χ3n) is 2.80. The monoisotopic (exact) mass is 244 g/mol. The third-order valence-corrected chi connectivity index (χ3v) is 4.35. The van der Waals surface area contributed by atoms with Gasteiger partial charge in [-0.2, -0.15) is 0 Å². The number of nitrogens with one attached hydrogen (secondary N) is 1. The summed E-state index contributed by atoms with van der Waals surface area (Å²) >= 11 is 6.81. The molecule has 1 N–H and O–H groups in total. The number of allylic oxidation sites excluding steroid dienone is 2. The summed E-state index contributed by atoms with van der Waals surface area (Å²) in [5, 5.41) is 14.9. The number of hydroxylamine groups is 2. The molecule has 1 fully saturated rings. The number of hydrogen-bond donors (Lipinski definition) is 1. The Labute approximate surface area is 99.2 Å². The van der Waals surface area contributed by atoms with E-state index < -0.39 is 0 Å². The normalized spacial score (nSPS) is 29.4. The Morgan fingerprint density at radius 1 is 1.47 bits per heavy atom. The van der Waals surface area contributed by atoms with Crippen molar-refractivity contribution in [1.82, 2.24) is 15.5 Å². The quantitative estimate of drug-likeness (QED) is 0.657. The van der Waals surface area contributed by atoms with Crippen molar-refractivity contribution in [3.05, 3.63) is 16.6 Å². The summed E-state index contributed by atoms with van der Waals surface area (Å²) in [4.78, 5) is 0.